The van der Waals surface area contributed by atoms with Gasteiger partial charge in [-0.2, -0.15) is 0 Å². The van der Waals surface area contributed by atoms with Crippen LogP contribution in [0.15, 0.2) is 4.79 Å². The summed E-state index contributed by atoms with van der Waals surface area (Å²) in [6.07, 6.45) is 3.18. The van der Waals surface area contributed by atoms with Gasteiger partial charge in [-0.25, -0.2) is 0 Å². The summed E-state index contributed by atoms with van der Waals surface area (Å²) in [5.41, 5.74) is -0.279. The van der Waals surface area contributed by atoms with Crippen molar-refractivity contribution < 1.29 is 5.11 Å². The van der Waals surface area contributed by atoms with Gasteiger partial charge in [0, 0.05) is 20.6 Å². The van der Waals surface area contributed by atoms with Crippen molar-refractivity contribution in [3.63, 3.8) is 0 Å². The molecule has 0 aliphatic carbocycles. The summed E-state index contributed by atoms with van der Waals surface area (Å²) in [7, 11) is 3.16. The number of nitrogens with one attached hydrogen (secondary N) is 1. The Kier molecular flexibility index (Phi) is 5.68. The fourth-order valence-corrected chi connectivity index (χ4v) is 2.15. The summed E-state index contributed by atoms with van der Waals surface area (Å²) in [5, 5.41) is 13.0. The van der Waals surface area contributed by atoms with Crippen molar-refractivity contribution >= 4 is 29.4 Å². The van der Waals surface area contributed by atoms with Gasteiger partial charge in [-0.05, 0) is 18.6 Å². The monoisotopic (exact) mass is 301 g/mol. The van der Waals surface area contributed by atoms with Crippen LogP contribution in [0.1, 0.15) is 31.7 Å². The van der Waals surface area contributed by atoms with Crippen LogP contribution < -0.4 is 10.9 Å². The molecule has 1 heterocycles. The van der Waals surface area contributed by atoms with E-state index >= 15 is 0 Å². The summed E-state index contributed by atoms with van der Waals surface area (Å²) in [6, 6.07) is 0. The number of hydrogen-bond acceptors (Lipinski definition) is 4. The van der Waals surface area contributed by atoms with Crippen molar-refractivity contribution in [3.05, 3.63) is 20.7 Å². The number of nitrogens with zero attached hydrogens (tertiary/aromatic N) is 2. The van der Waals surface area contributed by atoms with Gasteiger partial charge in [0.05, 0.1) is 0 Å². The zero-order chi connectivity index (χ0) is 14.6. The molecule has 1 aromatic heterocycles. The SMILES string of the molecule is CCCCCNC(=S)c1c(O)n(C)c(=S)n(C)c1=O. The minimum atomic E-state index is -0.381. The Morgan fingerprint density at radius 2 is 1.95 bits per heavy atom. The van der Waals surface area contributed by atoms with Gasteiger partial charge in [-0.3, -0.25) is 13.9 Å². The van der Waals surface area contributed by atoms with Crippen molar-refractivity contribution in [2.75, 3.05) is 6.54 Å². The molecule has 0 radical (unpaired) electrons. The summed E-state index contributed by atoms with van der Waals surface area (Å²) in [4.78, 5) is 12.4. The predicted molar refractivity (Wildman–Crippen MR) is 82.4 cm³/mol. The van der Waals surface area contributed by atoms with Crippen LogP contribution in [-0.4, -0.2) is 25.8 Å². The maximum Gasteiger partial charge on any atom is 0.268 e. The predicted octanol–water partition coefficient (Wildman–Crippen LogP) is 1.61. The molecule has 1 aromatic rings. The van der Waals surface area contributed by atoms with E-state index in [1.54, 1.807) is 14.1 Å². The van der Waals surface area contributed by atoms with Crippen LogP contribution in [0.2, 0.25) is 0 Å². The minimum absolute atomic E-state index is 0.102. The Hall–Kier alpha value is -1.21. The quantitative estimate of drug-likeness (QED) is 0.639. The van der Waals surface area contributed by atoms with Gasteiger partial charge in [0.25, 0.3) is 5.56 Å². The Morgan fingerprint density at radius 1 is 1.32 bits per heavy atom. The zero-order valence-corrected chi connectivity index (χ0v) is 13.0. The zero-order valence-electron chi connectivity index (χ0n) is 11.4. The van der Waals surface area contributed by atoms with E-state index in [9.17, 15) is 9.90 Å². The first kappa shape index (κ1) is 15.8. The van der Waals surface area contributed by atoms with Crippen LogP contribution in [0.3, 0.4) is 0 Å². The van der Waals surface area contributed by atoms with E-state index in [2.05, 4.69) is 12.2 Å². The molecule has 0 saturated heterocycles. The smallest absolute Gasteiger partial charge is 0.268 e. The van der Waals surface area contributed by atoms with E-state index in [-0.39, 0.29) is 26.8 Å². The van der Waals surface area contributed by atoms with E-state index in [4.69, 9.17) is 24.4 Å². The standard InChI is InChI=1S/C12H19N3O2S2/c1-4-5-6-7-13-9(18)8-10(16)14(2)12(19)15(3)11(8)17/h16H,4-7H2,1-3H3,(H,13,18). The summed E-state index contributed by atoms with van der Waals surface area (Å²) < 4.78 is 2.91. The second-order valence-corrected chi connectivity index (χ2v) is 5.14. The first-order valence-electron chi connectivity index (χ1n) is 6.19. The number of aromatic nitrogens is 2. The van der Waals surface area contributed by atoms with Crippen molar-refractivity contribution in [2.24, 2.45) is 14.1 Å². The largest absolute Gasteiger partial charge is 0.494 e. The Morgan fingerprint density at radius 3 is 2.53 bits per heavy atom. The average Bonchev–Trinajstić information content (AvgIpc) is 2.39. The Labute approximate surface area is 122 Å². The van der Waals surface area contributed by atoms with Gasteiger partial charge < -0.3 is 10.4 Å². The molecular weight excluding hydrogens is 282 g/mol. The van der Waals surface area contributed by atoms with Crippen LogP contribution in [0.5, 0.6) is 5.88 Å². The molecule has 0 atom stereocenters. The third kappa shape index (κ3) is 3.42. The molecule has 0 saturated carbocycles. The van der Waals surface area contributed by atoms with Crippen LogP contribution in [0.4, 0.5) is 0 Å². The topological polar surface area (TPSA) is 59.2 Å². The normalized spacial score (nSPS) is 10.5. The maximum atomic E-state index is 12.1. The van der Waals surface area contributed by atoms with E-state index in [1.165, 1.54) is 9.13 Å². The number of aromatic hydroxyl groups is 1. The molecule has 106 valence electrons. The number of unbranched alkanes of at least 4 members (excludes halogenated alkanes) is 2. The first-order valence-corrected chi connectivity index (χ1v) is 7.00. The van der Waals surface area contributed by atoms with Crippen molar-refractivity contribution in [1.82, 2.24) is 14.5 Å². The average molecular weight is 301 g/mol. The molecule has 2 N–H and O–H groups in total. The number of hydrogen-bond donors (Lipinski definition) is 2. The summed E-state index contributed by atoms with van der Waals surface area (Å²) in [6.45, 7) is 2.80. The minimum Gasteiger partial charge on any atom is -0.494 e. The lowest BCUT2D eigenvalue weighted by atomic mass is 10.2. The van der Waals surface area contributed by atoms with E-state index in [1.807, 2.05) is 0 Å². The van der Waals surface area contributed by atoms with Gasteiger partial charge in [-0.1, -0.05) is 32.0 Å². The van der Waals surface area contributed by atoms with Crippen molar-refractivity contribution in [2.45, 2.75) is 26.2 Å². The molecule has 0 spiro atoms. The highest BCUT2D eigenvalue weighted by atomic mass is 32.1. The summed E-state index contributed by atoms with van der Waals surface area (Å²) >= 11 is 10.2. The second-order valence-electron chi connectivity index (χ2n) is 4.37. The van der Waals surface area contributed by atoms with Gasteiger partial charge in [0.15, 0.2) is 4.77 Å². The van der Waals surface area contributed by atoms with Gasteiger partial charge in [0.1, 0.15) is 10.6 Å². The fourth-order valence-electron chi connectivity index (χ4n) is 1.70. The highest BCUT2D eigenvalue weighted by Crippen LogP contribution is 2.12. The molecule has 5 nitrogen and oxygen atoms in total. The third-order valence-corrected chi connectivity index (χ3v) is 3.82. The van der Waals surface area contributed by atoms with Gasteiger partial charge >= 0.3 is 0 Å². The number of rotatable bonds is 5. The van der Waals surface area contributed by atoms with Crippen molar-refractivity contribution in [3.8, 4) is 5.88 Å². The molecule has 0 bridgehead atoms. The van der Waals surface area contributed by atoms with Crippen LogP contribution >= 0.6 is 24.4 Å². The van der Waals surface area contributed by atoms with E-state index in [0.29, 0.717) is 6.54 Å². The van der Waals surface area contributed by atoms with Gasteiger partial charge in [0.2, 0.25) is 5.88 Å². The Bertz CT molecular complexity index is 590. The van der Waals surface area contributed by atoms with Gasteiger partial charge in [-0.15, -0.1) is 0 Å². The first-order chi connectivity index (χ1) is 8.91. The van der Waals surface area contributed by atoms with E-state index in [0.717, 1.165) is 19.3 Å². The molecule has 0 fully saturated rings. The van der Waals surface area contributed by atoms with Crippen LogP contribution in [-0.2, 0) is 14.1 Å². The van der Waals surface area contributed by atoms with Crippen molar-refractivity contribution in [1.29, 1.82) is 0 Å². The molecule has 7 heteroatoms. The molecule has 19 heavy (non-hydrogen) atoms. The summed E-state index contributed by atoms with van der Waals surface area (Å²) in [5.74, 6) is -0.193. The molecule has 0 aliphatic rings. The van der Waals surface area contributed by atoms with E-state index < -0.39 is 0 Å². The number of thiocarbonyl (C=S) groups is 1. The molecular formula is C12H19N3O2S2. The van der Waals surface area contributed by atoms with Crippen LogP contribution in [0.25, 0.3) is 0 Å². The second kappa shape index (κ2) is 6.81. The lowest BCUT2D eigenvalue weighted by Gasteiger charge is -2.13. The molecule has 0 amide bonds. The fraction of sp³-hybridized carbons (Fsp3) is 0.583. The lowest BCUT2D eigenvalue weighted by Crippen LogP contribution is -2.34. The third-order valence-electron chi connectivity index (χ3n) is 2.93. The molecule has 1 rings (SSSR count). The highest BCUT2D eigenvalue weighted by molar-refractivity contribution is 7.80. The molecule has 0 aliphatic heterocycles. The molecule has 0 aromatic carbocycles. The van der Waals surface area contributed by atoms with Crippen LogP contribution in [0, 0.1) is 4.77 Å². The lowest BCUT2D eigenvalue weighted by molar-refractivity contribution is 0.414. The maximum absolute atomic E-state index is 12.1. The Balaban J connectivity index is 3.04. The highest BCUT2D eigenvalue weighted by Gasteiger charge is 2.17. The molecule has 0 unspecified atom stereocenters.